The van der Waals surface area contributed by atoms with Gasteiger partial charge >= 0.3 is 5.97 Å². The van der Waals surface area contributed by atoms with Crippen molar-refractivity contribution in [3.05, 3.63) is 17.3 Å². The van der Waals surface area contributed by atoms with E-state index in [4.69, 9.17) is 9.88 Å². The molecule has 0 fully saturated rings. The third-order valence-corrected chi connectivity index (χ3v) is 3.55. The molecule has 0 radical (unpaired) electrons. The second-order valence-corrected chi connectivity index (χ2v) is 5.44. The van der Waals surface area contributed by atoms with Crippen LogP contribution in [0.15, 0.2) is 16.6 Å². The Morgan fingerprint density at radius 3 is 2.94 bits per heavy atom. The Morgan fingerprint density at radius 2 is 2.35 bits per heavy atom. The summed E-state index contributed by atoms with van der Waals surface area (Å²) in [6, 6.07) is 0. The lowest BCUT2D eigenvalue weighted by Gasteiger charge is -2.01. The molecule has 2 heterocycles. The summed E-state index contributed by atoms with van der Waals surface area (Å²) >= 11 is 1.20. The summed E-state index contributed by atoms with van der Waals surface area (Å²) in [4.78, 5) is 15.9. The van der Waals surface area contributed by atoms with Crippen LogP contribution < -0.4 is 5.14 Å². The summed E-state index contributed by atoms with van der Waals surface area (Å²) in [5, 5.41) is 6.23. The number of imidazole rings is 1. The minimum Gasteiger partial charge on any atom is -0.461 e. The van der Waals surface area contributed by atoms with Crippen LogP contribution >= 0.6 is 11.3 Å². The first kappa shape index (κ1) is 12.0. The second-order valence-electron chi connectivity index (χ2n) is 3.09. The van der Waals surface area contributed by atoms with E-state index in [-0.39, 0.29) is 12.3 Å². The maximum atomic E-state index is 11.7. The van der Waals surface area contributed by atoms with Crippen LogP contribution in [0.5, 0.6) is 0 Å². The van der Waals surface area contributed by atoms with Crippen molar-refractivity contribution in [1.82, 2.24) is 9.38 Å². The number of rotatable bonds is 3. The van der Waals surface area contributed by atoms with Crippen molar-refractivity contribution in [1.29, 1.82) is 0 Å². The zero-order valence-corrected chi connectivity index (χ0v) is 10.4. The Kier molecular flexibility index (Phi) is 2.89. The third kappa shape index (κ3) is 2.04. The average Bonchev–Trinajstić information content (AvgIpc) is 2.73. The van der Waals surface area contributed by atoms with Gasteiger partial charge in [0.05, 0.1) is 6.61 Å². The van der Waals surface area contributed by atoms with Gasteiger partial charge in [0.1, 0.15) is 0 Å². The van der Waals surface area contributed by atoms with Crippen LogP contribution in [0.25, 0.3) is 4.96 Å². The molecule has 9 heteroatoms. The molecule has 2 aromatic heterocycles. The van der Waals surface area contributed by atoms with Crippen molar-refractivity contribution in [3.63, 3.8) is 0 Å². The quantitative estimate of drug-likeness (QED) is 0.807. The summed E-state index contributed by atoms with van der Waals surface area (Å²) < 4.78 is 28.8. The van der Waals surface area contributed by atoms with E-state index in [1.807, 2.05) is 0 Å². The predicted molar refractivity (Wildman–Crippen MR) is 60.4 cm³/mol. The number of hydrogen-bond donors (Lipinski definition) is 1. The van der Waals surface area contributed by atoms with Gasteiger partial charge in [-0.3, -0.25) is 4.40 Å². The zero-order chi connectivity index (χ0) is 12.6. The molecule has 0 aromatic carbocycles. The van der Waals surface area contributed by atoms with Crippen LogP contribution in [0, 0.1) is 0 Å². The Balaban J connectivity index is 2.71. The van der Waals surface area contributed by atoms with E-state index in [0.717, 1.165) is 0 Å². The lowest BCUT2D eigenvalue weighted by molar-refractivity contribution is 0.0513. The van der Waals surface area contributed by atoms with Gasteiger partial charge in [0, 0.05) is 11.6 Å². The molecule has 0 aliphatic rings. The minimum atomic E-state index is -4.05. The fourth-order valence-electron chi connectivity index (χ4n) is 1.35. The molecule has 0 amide bonds. The molecule has 0 aliphatic heterocycles. The van der Waals surface area contributed by atoms with Gasteiger partial charge in [-0.1, -0.05) is 0 Å². The first-order valence-electron chi connectivity index (χ1n) is 4.60. The number of nitrogens with zero attached hydrogens (tertiary/aromatic N) is 2. The third-order valence-electron chi connectivity index (χ3n) is 1.97. The Labute approximate surface area is 101 Å². The molecule has 0 atom stereocenters. The zero-order valence-electron chi connectivity index (χ0n) is 8.78. The number of thiazole rings is 1. The molecule has 0 saturated heterocycles. The van der Waals surface area contributed by atoms with E-state index in [1.165, 1.54) is 21.9 Å². The number of aromatic nitrogens is 2. The molecule has 0 saturated carbocycles. The molecule has 2 rings (SSSR count). The molecule has 2 N–H and O–H groups in total. The lowest BCUT2D eigenvalue weighted by atomic mass is 10.5. The molecule has 0 spiro atoms. The van der Waals surface area contributed by atoms with Gasteiger partial charge in [0.15, 0.2) is 10.7 Å². The van der Waals surface area contributed by atoms with Crippen molar-refractivity contribution < 1.29 is 17.9 Å². The lowest BCUT2D eigenvalue weighted by Crippen LogP contribution is -2.18. The number of carbonyl (C=O) groups is 1. The van der Waals surface area contributed by atoms with Gasteiger partial charge in [0.2, 0.25) is 5.03 Å². The molecular formula is C8H9N3O4S2. The number of hydrogen-bond acceptors (Lipinski definition) is 6. The standard InChI is InChI=1S/C8H9N3O4S2/c1-2-15-7(12)5-6(17(9,13)14)10-8-11(5)3-4-16-8/h3-4H,2H2,1H3,(H2,9,13,14). The molecule has 7 nitrogen and oxygen atoms in total. The van der Waals surface area contributed by atoms with Crippen molar-refractivity contribution >= 4 is 32.3 Å². The highest BCUT2D eigenvalue weighted by atomic mass is 32.2. The van der Waals surface area contributed by atoms with E-state index >= 15 is 0 Å². The number of carbonyl (C=O) groups excluding carboxylic acids is 1. The summed E-state index contributed by atoms with van der Waals surface area (Å²) in [7, 11) is -4.05. The van der Waals surface area contributed by atoms with Crippen LogP contribution in [0.3, 0.4) is 0 Å². The normalized spacial score (nSPS) is 11.9. The highest BCUT2D eigenvalue weighted by Crippen LogP contribution is 2.21. The molecule has 0 aliphatic carbocycles. The van der Waals surface area contributed by atoms with E-state index in [1.54, 1.807) is 12.3 Å². The van der Waals surface area contributed by atoms with Crippen molar-refractivity contribution in [3.8, 4) is 0 Å². The summed E-state index contributed by atoms with van der Waals surface area (Å²) in [6.07, 6.45) is 1.54. The van der Waals surface area contributed by atoms with Crippen molar-refractivity contribution in [2.75, 3.05) is 6.61 Å². The SMILES string of the molecule is CCOC(=O)c1c(S(N)(=O)=O)nc2sccn12. The number of ether oxygens (including phenoxy) is 1. The van der Waals surface area contributed by atoms with Crippen LogP contribution in [0.1, 0.15) is 17.4 Å². The van der Waals surface area contributed by atoms with E-state index < -0.39 is 21.0 Å². The maximum absolute atomic E-state index is 11.7. The highest BCUT2D eigenvalue weighted by molar-refractivity contribution is 7.89. The van der Waals surface area contributed by atoms with Gasteiger partial charge in [-0.05, 0) is 6.92 Å². The van der Waals surface area contributed by atoms with E-state index in [0.29, 0.717) is 4.96 Å². The molecular weight excluding hydrogens is 266 g/mol. The monoisotopic (exact) mass is 275 g/mol. The topological polar surface area (TPSA) is 104 Å². The van der Waals surface area contributed by atoms with Crippen molar-refractivity contribution in [2.24, 2.45) is 5.14 Å². The fourth-order valence-corrected chi connectivity index (χ4v) is 2.79. The van der Waals surface area contributed by atoms with Gasteiger partial charge in [-0.25, -0.2) is 23.3 Å². The number of fused-ring (bicyclic) bond motifs is 1. The molecule has 92 valence electrons. The van der Waals surface area contributed by atoms with Crippen LogP contribution in [0.2, 0.25) is 0 Å². The number of sulfonamides is 1. The van der Waals surface area contributed by atoms with Crippen LogP contribution in [-0.2, 0) is 14.8 Å². The molecule has 0 bridgehead atoms. The van der Waals surface area contributed by atoms with Gasteiger partial charge in [-0.2, -0.15) is 0 Å². The molecule has 17 heavy (non-hydrogen) atoms. The first-order chi connectivity index (χ1) is 7.95. The summed E-state index contributed by atoms with van der Waals surface area (Å²) in [5.41, 5.74) is -0.161. The second kappa shape index (κ2) is 4.09. The minimum absolute atomic E-state index is 0.139. The van der Waals surface area contributed by atoms with E-state index in [9.17, 15) is 13.2 Å². The molecule has 2 aromatic rings. The Hall–Kier alpha value is -1.45. The van der Waals surface area contributed by atoms with Crippen LogP contribution in [-0.4, -0.2) is 30.4 Å². The summed E-state index contributed by atoms with van der Waals surface area (Å²) in [5.74, 6) is -0.762. The van der Waals surface area contributed by atoms with Gasteiger partial charge < -0.3 is 4.74 Å². The fraction of sp³-hybridized carbons (Fsp3) is 0.250. The Morgan fingerprint density at radius 1 is 1.65 bits per heavy atom. The van der Waals surface area contributed by atoms with Gasteiger partial charge in [-0.15, -0.1) is 11.3 Å². The predicted octanol–water partition coefficient (Wildman–Crippen LogP) is 0.220. The molecule has 0 unspecified atom stereocenters. The van der Waals surface area contributed by atoms with Crippen LogP contribution in [0.4, 0.5) is 0 Å². The Bertz CT molecular complexity index is 670. The first-order valence-corrected chi connectivity index (χ1v) is 7.03. The number of nitrogens with two attached hydrogens (primary N) is 1. The van der Waals surface area contributed by atoms with E-state index in [2.05, 4.69) is 4.98 Å². The smallest absolute Gasteiger partial charge is 0.358 e. The largest absolute Gasteiger partial charge is 0.461 e. The number of primary sulfonamides is 1. The van der Waals surface area contributed by atoms with Gasteiger partial charge in [0.25, 0.3) is 10.0 Å². The maximum Gasteiger partial charge on any atom is 0.358 e. The highest BCUT2D eigenvalue weighted by Gasteiger charge is 2.27. The van der Waals surface area contributed by atoms with Crippen molar-refractivity contribution in [2.45, 2.75) is 11.9 Å². The average molecular weight is 275 g/mol. The summed E-state index contributed by atoms with van der Waals surface area (Å²) in [6.45, 7) is 1.76. The number of esters is 1.